The van der Waals surface area contributed by atoms with Gasteiger partial charge in [-0.25, -0.2) is 0 Å². The standard InChI is InChI=1S/C26H32N2O7/c1-11(2)5-6-12-7-8-16(29)18-14(12)9-13-10-15-20(28(3)4)22(31)19(25(27)34)24(33)26(15,35)23(32)17(13)21(18)30/h7-8,11,13,15,20,29-30,33,35H,5-6,9-10H2,1-4H3,(H2,27,34)/t13-,15-,20-,26-/m0/s1. The number of ketones is 2. The summed E-state index contributed by atoms with van der Waals surface area (Å²) in [6.07, 6.45) is 2.02. The molecule has 1 aromatic rings. The average Bonchev–Trinajstić information content (AvgIpc) is 2.75. The molecule has 9 nitrogen and oxygen atoms in total. The molecule has 0 aliphatic heterocycles. The van der Waals surface area contributed by atoms with E-state index in [9.17, 15) is 34.8 Å². The van der Waals surface area contributed by atoms with Gasteiger partial charge in [0.2, 0.25) is 5.78 Å². The number of aliphatic hydroxyl groups excluding tert-OH is 2. The molecule has 1 fully saturated rings. The molecule has 188 valence electrons. The predicted molar refractivity (Wildman–Crippen MR) is 127 cm³/mol. The summed E-state index contributed by atoms with van der Waals surface area (Å²) < 4.78 is 0. The second-order valence-electron chi connectivity index (χ2n) is 10.5. The molecule has 0 radical (unpaired) electrons. The molecule has 0 heterocycles. The third-order valence-electron chi connectivity index (χ3n) is 7.69. The van der Waals surface area contributed by atoms with E-state index >= 15 is 0 Å². The summed E-state index contributed by atoms with van der Waals surface area (Å²) in [5, 5.41) is 44.3. The molecular formula is C26H32N2O7. The number of carbonyl (C=O) groups is 3. The lowest BCUT2D eigenvalue weighted by molar-refractivity contribution is -0.153. The number of benzene rings is 1. The third-order valence-corrected chi connectivity index (χ3v) is 7.69. The van der Waals surface area contributed by atoms with E-state index in [0.717, 1.165) is 24.0 Å². The minimum Gasteiger partial charge on any atom is -0.508 e. The minimum atomic E-state index is -2.62. The second-order valence-corrected chi connectivity index (χ2v) is 10.5. The van der Waals surface area contributed by atoms with Crippen LogP contribution in [-0.4, -0.2) is 68.5 Å². The molecule has 0 saturated heterocycles. The van der Waals surface area contributed by atoms with E-state index < -0.39 is 58.0 Å². The van der Waals surface area contributed by atoms with Crippen LogP contribution in [0.25, 0.3) is 5.76 Å². The summed E-state index contributed by atoms with van der Waals surface area (Å²) in [6.45, 7) is 4.20. The van der Waals surface area contributed by atoms with E-state index in [-0.39, 0.29) is 23.3 Å². The number of phenols is 1. The molecule has 0 unspecified atom stereocenters. The van der Waals surface area contributed by atoms with Crippen LogP contribution in [0.3, 0.4) is 0 Å². The maximum Gasteiger partial charge on any atom is 0.255 e. The zero-order valence-electron chi connectivity index (χ0n) is 20.3. The lowest BCUT2D eigenvalue weighted by Gasteiger charge is -2.50. The van der Waals surface area contributed by atoms with Gasteiger partial charge in [-0.15, -0.1) is 0 Å². The van der Waals surface area contributed by atoms with E-state index in [0.29, 0.717) is 12.3 Å². The summed E-state index contributed by atoms with van der Waals surface area (Å²) >= 11 is 0. The minimum absolute atomic E-state index is 0.0883. The second kappa shape index (κ2) is 8.49. The average molecular weight is 485 g/mol. The van der Waals surface area contributed by atoms with Gasteiger partial charge in [-0.2, -0.15) is 0 Å². The molecule has 35 heavy (non-hydrogen) atoms. The number of hydrogen-bond donors (Lipinski definition) is 5. The SMILES string of the molecule is CC(C)CCc1ccc(O)c2c1C[C@H]1C[C@H]3[C@H](N(C)C)C(=O)C(C(N)=O)=C(O)[C@@]3(O)C(=O)C1=C2O. The molecule has 3 aliphatic carbocycles. The van der Waals surface area contributed by atoms with Crippen molar-refractivity contribution >= 4 is 23.2 Å². The summed E-state index contributed by atoms with van der Waals surface area (Å²) in [5.41, 5.74) is 3.60. The van der Waals surface area contributed by atoms with Crippen molar-refractivity contribution in [1.29, 1.82) is 0 Å². The van der Waals surface area contributed by atoms with Gasteiger partial charge in [-0.1, -0.05) is 19.9 Å². The van der Waals surface area contributed by atoms with E-state index in [1.807, 2.05) is 6.07 Å². The van der Waals surface area contributed by atoms with Crippen LogP contribution < -0.4 is 5.73 Å². The van der Waals surface area contributed by atoms with Crippen molar-refractivity contribution in [1.82, 2.24) is 4.90 Å². The Balaban J connectivity index is 1.92. The first kappa shape index (κ1) is 24.9. The topological polar surface area (TPSA) is 161 Å². The number of primary amides is 1. The van der Waals surface area contributed by atoms with Gasteiger partial charge in [-0.05, 0) is 68.8 Å². The Morgan fingerprint density at radius 1 is 1.20 bits per heavy atom. The summed E-state index contributed by atoms with van der Waals surface area (Å²) in [5.74, 6) is -5.92. The number of Topliss-reactive ketones (excluding diaryl/α,β-unsaturated/α-hetero) is 2. The number of rotatable bonds is 5. The highest BCUT2D eigenvalue weighted by Crippen LogP contribution is 2.53. The Morgan fingerprint density at radius 3 is 2.43 bits per heavy atom. The lowest BCUT2D eigenvalue weighted by atomic mass is 9.57. The number of nitrogens with two attached hydrogens (primary N) is 1. The van der Waals surface area contributed by atoms with Crippen LogP contribution in [0.5, 0.6) is 5.75 Å². The largest absolute Gasteiger partial charge is 0.508 e. The van der Waals surface area contributed by atoms with Crippen molar-refractivity contribution in [2.24, 2.45) is 23.5 Å². The molecule has 4 atom stereocenters. The van der Waals surface area contributed by atoms with E-state index in [1.165, 1.54) is 11.0 Å². The highest BCUT2D eigenvalue weighted by Gasteiger charge is 2.64. The lowest BCUT2D eigenvalue weighted by Crippen LogP contribution is -2.65. The van der Waals surface area contributed by atoms with Crippen LogP contribution in [0.15, 0.2) is 29.0 Å². The number of fused-ring (bicyclic) bond motifs is 3. The number of carbonyl (C=O) groups excluding carboxylic acids is 3. The van der Waals surface area contributed by atoms with Gasteiger partial charge in [0.25, 0.3) is 5.91 Å². The van der Waals surface area contributed by atoms with Crippen molar-refractivity contribution in [3.63, 3.8) is 0 Å². The predicted octanol–water partition coefficient (Wildman–Crippen LogP) is 1.55. The monoisotopic (exact) mass is 484 g/mol. The van der Waals surface area contributed by atoms with Crippen LogP contribution in [0.1, 0.15) is 43.4 Å². The van der Waals surface area contributed by atoms with E-state index in [4.69, 9.17) is 5.73 Å². The number of hydrogen-bond acceptors (Lipinski definition) is 8. The Morgan fingerprint density at radius 2 is 1.86 bits per heavy atom. The quantitative estimate of drug-likeness (QED) is 0.393. The summed E-state index contributed by atoms with van der Waals surface area (Å²) in [7, 11) is 3.16. The zero-order valence-corrected chi connectivity index (χ0v) is 20.3. The smallest absolute Gasteiger partial charge is 0.255 e. The first-order valence-corrected chi connectivity index (χ1v) is 11.8. The molecule has 0 aromatic heterocycles. The number of aromatic hydroxyl groups is 1. The zero-order chi connectivity index (χ0) is 26.0. The first-order chi connectivity index (χ1) is 16.3. The summed E-state index contributed by atoms with van der Waals surface area (Å²) in [4.78, 5) is 40.4. The number of nitrogens with zero attached hydrogens (tertiary/aromatic N) is 1. The van der Waals surface area contributed by atoms with Crippen LogP contribution in [0.4, 0.5) is 0 Å². The Kier molecular flexibility index (Phi) is 6.05. The number of aryl methyl sites for hydroxylation is 1. The number of amides is 1. The van der Waals surface area contributed by atoms with Crippen molar-refractivity contribution in [3.05, 3.63) is 45.7 Å². The normalized spacial score (nSPS) is 28.4. The maximum atomic E-state index is 13.8. The fourth-order valence-electron chi connectivity index (χ4n) is 5.99. The molecule has 1 amide bonds. The maximum absolute atomic E-state index is 13.8. The highest BCUT2D eigenvalue weighted by atomic mass is 16.3. The van der Waals surface area contributed by atoms with Crippen LogP contribution in [0.2, 0.25) is 0 Å². The van der Waals surface area contributed by atoms with Crippen molar-refractivity contribution in [2.75, 3.05) is 14.1 Å². The number of likely N-dealkylation sites (N-methyl/N-ethyl adjacent to an activating group) is 1. The molecule has 6 N–H and O–H groups in total. The fourth-order valence-corrected chi connectivity index (χ4v) is 5.99. The van der Waals surface area contributed by atoms with E-state index in [2.05, 4.69) is 13.8 Å². The first-order valence-electron chi connectivity index (χ1n) is 11.8. The number of phenolic OH excluding ortho intramolecular Hbond substituents is 1. The molecule has 3 aliphatic rings. The molecule has 0 spiro atoms. The Bertz CT molecular complexity index is 1200. The van der Waals surface area contributed by atoms with Crippen LogP contribution in [-0.2, 0) is 27.2 Å². The van der Waals surface area contributed by atoms with Crippen molar-refractivity contribution < 1.29 is 34.8 Å². The van der Waals surface area contributed by atoms with Gasteiger partial charge in [0.15, 0.2) is 11.4 Å². The van der Waals surface area contributed by atoms with Crippen molar-refractivity contribution in [2.45, 2.75) is 51.2 Å². The fraction of sp³-hybridized carbons (Fsp3) is 0.500. The van der Waals surface area contributed by atoms with Crippen molar-refractivity contribution in [3.8, 4) is 5.75 Å². The molecular weight excluding hydrogens is 452 g/mol. The van der Waals surface area contributed by atoms with Gasteiger partial charge >= 0.3 is 0 Å². The summed E-state index contributed by atoms with van der Waals surface area (Å²) in [6, 6.07) is 2.20. The molecule has 1 saturated carbocycles. The van der Waals surface area contributed by atoms with Crippen LogP contribution >= 0.6 is 0 Å². The van der Waals surface area contributed by atoms with Gasteiger partial charge in [0.1, 0.15) is 22.8 Å². The Hall–Kier alpha value is -3.17. The third kappa shape index (κ3) is 3.56. The molecule has 1 aromatic carbocycles. The van der Waals surface area contributed by atoms with Gasteiger partial charge in [0, 0.05) is 11.5 Å². The van der Waals surface area contributed by atoms with Crippen LogP contribution in [0, 0.1) is 17.8 Å². The van der Waals surface area contributed by atoms with Gasteiger partial charge in [0.05, 0.1) is 11.6 Å². The Labute approximate surface area is 203 Å². The molecule has 4 rings (SSSR count). The highest BCUT2D eigenvalue weighted by molar-refractivity contribution is 6.24. The van der Waals surface area contributed by atoms with Gasteiger partial charge < -0.3 is 26.2 Å². The van der Waals surface area contributed by atoms with E-state index in [1.54, 1.807) is 14.1 Å². The molecule has 9 heteroatoms. The van der Waals surface area contributed by atoms with Gasteiger partial charge in [-0.3, -0.25) is 19.3 Å². The number of aliphatic hydroxyl groups is 3. The molecule has 0 bridgehead atoms.